The molecule has 0 aliphatic heterocycles. The van der Waals surface area contributed by atoms with Crippen molar-refractivity contribution >= 4 is 11.0 Å². The molecule has 5 heteroatoms. The monoisotopic (exact) mass is 421 g/mol. The van der Waals surface area contributed by atoms with Gasteiger partial charge in [-0.15, -0.1) is 0 Å². The van der Waals surface area contributed by atoms with Crippen molar-refractivity contribution in [2.24, 2.45) is 0 Å². The lowest BCUT2D eigenvalue weighted by atomic mass is 10.1. The van der Waals surface area contributed by atoms with Crippen molar-refractivity contribution in [2.75, 3.05) is 0 Å². The Morgan fingerprint density at radius 2 is 1.56 bits per heavy atom. The summed E-state index contributed by atoms with van der Waals surface area (Å²) in [5.41, 5.74) is 6.82. The van der Waals surface area contributed by atoms with Gasteiger partial charge in [-0.3, -0.25) is 5.10 Å². The topological polar surface area (TPSA) is 59.4 Å². The molecule has 0 unspecified atom stereocenters. The van der Waals surface area contributed by atoms with Crippen molar-refractivity contribution in [1.82, 2.24) is 24.7 Å². The molecule has 0 saturated heterocycles. The van der Waals surface area contributed by atoms with E-state index in [1.165, 1.54) is 24.8 Å². The van der Waals surface area contributed by atoms with Crippen molar-refractivity contribution in [3.63, 3.8) is 0 Å². The number of nitrogens with zero attached hydrogens (tertiary/aromatic N) is 4. The van der Waals surface area contributed by atoms with Crippen LogP contribution in [0, 0.1) is 0 Å². The van der Waals surface area contributed by atoms with Gasteiger partial charge >= 0.3 is 0 Å². The van der Waals surface area contributed by atoms with E-state index < -0.39 is 0 Å². The first-order valence-electron chi connectivity index (χ1n) is 11.4. The minimum absolute atomic E-state index is 0.863. The van der Waals surface area contributed by atoms with Crippen LogP contribution in [-0.4, -0.2) is 24.7 Å². The fraction of sp³-hybridized carbons (Fsp3) is 0.222. The number of H-pyrrole nitrogens is 1. The van der Waals surface area contributed by atoms with Crippen molar-refractivity contribution in [3.8, 4) is 34.2 Å². The van der Waals surface area contributed by atoms with Crippen LogP contribution in [0.25, 0.3) is 45.2 Å². The number of para-hydroxylation sites is 2. The SMILES string of the molecule is CCCCCCn1c(-c2cccc(-c3cc(-c4ccccc4)n[nH]3)n2)nc2ccccc21. The molecule has 5 aromatic rings. The van der Waals surface area contributed by atoms with Gasteiger partial charge in [-0.25, -0.2) is 9.97 Å². The summed E-state index contributed by atoms with van der Waals surface area (Å²) in [5, 5.41) is 7.64. The molecule has 0 bridgehead atoms. The number of nitrogens with one attached hydrogen (secondary N) is 1. The third-order valence-electron chi connectivity index (χ3n) is 5.79. The van der Waals surface area contributed by atoms with Crippen LogP contribution in [-0.2, 0) is 6.54 Å². The van der Waals surface area contributed by atoms with Crippen LogP contribution in [0.4, 0.5) is 0 Å². The van der Waals surface area contributed by atoms with Gasteiger partial charge in [-0.2, -0.15) is 5.10 Å². The number of hydrogen-bond acceptors (Lipinski definition) is 3. The van der Waals surface area contributed by atoms with E-state index in [1.807, 2.05) is 42.5 Å². The number of unbranched alkanes of at least 4 members (excludes halogenated alkanes) is 3. The summed E-state index contributed by atoms with van der Waals surface area (Å²) < 4.78 is 2.32. The molecule has 1 N–H and O–H groups in total. The molecule has 0 aliphatic carbocycles. The fourth-order valence-electron chi connectivity index (χ4n) is 4.11. The largest absolute Gasteiger partial charge is 0.323 e. The molecule has 0 radical (unpaired) electrons. The third-order valence-corrected chi connectivity index (χ3v) is 5.79. The minimum atomic E-state index is 0.863. The Labute approximate surface area is 188 Å². The second-order valence-corrected chi connectivity index (χ2v) is 8.08. The lowest BCUT2D eigenvalue weighted by Crippen LogP contribution is -2.02. The van der Waals surface area contributed by atoms with E-state index >= 15 is 0 Å². The molecule has 5 rings (SSSR count). The number of rotatable bonds is 8. The number of aromatic nitrogens is 5. The normalized spacial score (nSPS) is 11.3. The highest BCUT2D eigenvalue weighted by Gasteiger charge is 2.15. The van der Waals surface area contributed by atoms with Gasteiger partial charge in [-0.05, 0) is 36.8 Å². The molecule has 0 spiro atoms. The zero-order chi connectivity index (χ0) is 21.8. The molecule has 0 aliphatic rings. The van der Waals surface area contributed by atoms with E-state index in [0.717, 1.165) is 52.6 Å². The van der Waals surface area contributed by atoms with Crippen LogP contribution < -0.4 is 0 Å². The number of aryl methyl sites for hydroxylation is 1. The summed E-state index contributed by atoms with van der Waals surface area (Å²) in [6.07, 6.45) is 4.86. The Morgan fingerprint density at radius 1 is 0.750 bits per heavy atom. The predicted octanol–water partition coefficient (Wildman–Crippen LogP) is 6.74. The summed E-state index contributed by atoms with van der Waals surface area (Å²) in [6, 6.07) is 26.7. The first-order chi connectivity index (χ1) is 15.8. The molecule has 5 nitrogen and oxygen atoms in total. The fourth-order valence-corrected chi connectivity index (χ4v) is 4.11. The minimum Gasteiger partial charge on any atom is -0.323 e. The molecular formula is C27H27N5. The van der Waals surface area contributed by atoms with E-state index in [4.69, 9.17) is 9.97 Å². The van der Waals surface area contributed by atoms with Gasteiger partial charge in [0.05, 0.1) is 28.1 Å². The lowest BCUT2D eigenvalue weighted by molar-refractivity contribution is 0.594. The zero-order valence-electron chi connectivity index (χ0n) is 18.3. The Bertz CT molecular complexity index is 1320. The van der Waals surface area contributed by atoms with Gasteiger partial charge in [-0.1, -0.05) is 74.7 Å². The van der Waals surface area contributed by atoms with E-state index in [9.17, 15) is 0 Å². The van der Waals surface area contributed by atoms with Crippen molar-refractivity contribution in [3.05, 3.63) is 78.9 Å². The first kappa shape index (κ1) is 20.2. The van der Waals surface area contributed by atoms with Gasteiger partial charge in [0.25, 0.3) is 0 Å². The lowest BCUT2D eigenvalue weighted by Gasteiger charge is -2.09. The molecule has 0 saturated carbocycles. The number of pyridine rings is 1. The van der Waals surface area contributed by atoms with Crippen molar-refractivity contribution < 1.29 is 0 Å². The first-order valence-corrected chi connectivity index (χ1v) is 11.4. The maximum absolute atomic E-state index is 4.97. The molecular weight excluding hydrogens is 394 g/mol. The average Bonchev–Trinajstić information content (AvgIpc) is 3.48. The summed E-state index contributed by atoms with van der Waals surface area (Å²) in [7, 11) is 0. The standard InChI is InChI=1S/C27H27N5/c1-2-3-4-10-18-32-26-17-9-8-14-22(26)29-27(32)23-16-11-15-21(28-23)25-19-24(30-31-25)20-12-6-5-7-13-20/h5-9,11-17,19H,2-4,10,18H2,1H3,(H,30,31). The zero-order valence-corrected chi connectivity index (χ0v) is 18.3. The maximum atomic E-state index is 4.97. The van der Waals surface area contributed by atoms with Gasteiger partial charge < -0.3 is 4.57 Å². The van der Waals surface area contributed by atoms with Crippen molar-refractivity contribution in [1.29, 1.82) is 0 Å². The highest BCUT2D eigenvalue weighted by Crippen LogP contribution is 2.27. The maximum Gasteiger partial charge on any atom is 0.159 e. The number of imidazole rings is 1. The molecule has 3 heterocycles. The second-order valence-electron chi connectivity index (χ2n) is 8.08. The Kier molecular flexibility index (Phi) is 5.79. The number of benzene rings is 2. The summed E-state index contributed by atoms with van der Waals surface area (Å²) >= 11 is 0. The summed E-state index contributed by atoms with van der Waals surface area (Å²) in [4.78, 5) is 9.91. The van der Waals surface area contributed by atoms with Gasteiger partial charge in [0, 0.05) is 12.1 Å². The van der Waals surface area contributed by atoms with Crippen LogP contribution >= 0.6 is 0 Å². The van der Waals surface area contributed by atoms with Crippen LogP contribution in [0.5, 0.6) is 0 Å². The molecule has 32 heavy (non-hydrogen) atoms. The molecule has 0 amide bonds. The highest BCUT2D eigenvalue weighted by molar-refractivity contribution is 5.80. The van der Waals surface area contributed by atoms with Crippen LogP contribution in [0.2, 0.25) is 0 Å². The molecule has 3 aromatic heterocycles. The Morgan fingerprint density at radius 3 is 2.44 bits per heavy atom. The molecule has 0 fully saturated rings. The van der Waals surface area contributed by atoms with E-state index in [0.29, 0.717) is 0 Å². The number of fused-ring (bicyclic) bond motifs is 1. The average molecular weight is 422 g/mol. The van der Waals surface area contributed by atoms with E-state index in [2.05, 4.69) is 58.1 Å². The second kappa shape index (κ2) is 9.18. The Balaban J connectivity index is 1.50. The van der Waals surface area contributed by atoms with Crippen LogP contribution in [0.3, 0.4) is 0 Å². The van der Waals surface area contributed by atoms with E-state index in [-0.39, 0.29) is 0 Å². The third kappa shape index (κ3) is 4.06. The van der Waals surface area contributed by atoms with Crippen molar-refractivity contribution in [2.45, 2.75) is 39.2 Å². The number of hydrogen-bond donors (Lipinski definition) is 1. The summed E-state index contributed by atoms with van der Waals surface area (Å²) in [6.45, 7) is 3.19. The molecule has 0 atom stereocenters. The Hall–Kier alpha value is -3.73. The smallest absolute Gasteiger partial charge is 0.159 e. The van der Waals surface area contributed by atoms with Crippen LogP contribution in [0.1, 0.15) is 32.6 Å². The van der Waals surface area contributed by atoms with Gasteiger partial charge in [0.2, 0.25) is 0 Å². The highest BCUT2D eigenvalue weighted by atomic mass is 15.1. The van der Waals surface area contributed by atoms with Crippen LogP contribution in [0.15, 0.2) is 78.9 Å². The molecule has 2 aromatic carbocycles. The number of aromatic amines is 1. The van der Waals surface area contributed by atoms with Gasteiger partial charge in [0.15, 0.2) is 5.82 Å². The summed E-state index contributed by atoms with van der Waals surface area (Å²) in [5.74, 6) is 0.923. The quantitative estimate of drug-likeness (QED) is 0.282. The molecule has 160 valence electrons. The van der Waals surface area contributed by atoms with Gasteiger partial charge in [0.1, 0.15) is 5.69 Å². The van der Waals surface area contributed by atoms with E-state index in [1.54, 1.807) is 0 Å². The predicted molar refractivity (Wildman–Crippen MR) is 130 cm³/mol.